The molecule has 0 radical (unpaired) electrons. The van der Waals surface area contributed by atoms with Crippen molar-refractivity contribution in [3.63, 3.8) is 0 Å². The van der Waals surface area contributed by atoms with Crippen LogP contribution in [-0.2, 0) is 6.42 Å². The van der Waals surface area contributed by atoms with Gasteiger partial charge >= 0.3 is 0 Å². The molecule has 0 saturated heterocycles. The van der Waals surface area contributed by atoms with Crippen LogP contribution in [0.15, 0.2) is 24.7 Å². The summed E-state index contributed by atoms with van der Waals surface area (Å²) in [5, 5.41) is 0.503. The monoisotopic (exact) mass is 281 g/mol. The van der Waals surface area contributed by atoms with Gasteiger partial charge in [0.1, 0.15) is 11.5 Å². The van der Waals surface area contributed by atoms with Crippen LogP contribution in [0.3, 0.4) is 0 Å². The molecule has 0 spiro atoms. The van der Waals surface area contributed by atoms with Crippen molar-refractivity contribution in [2.75, 3.05) is 20.8 Å². The van der Waals surface area contributed by atoms with E-state index in [1.165, 1.54) is 0 Å². The van der Waals surface area contributed by atoms with Crippen molar-refractivity contribution in [1.82, 2.24) is 9.55 Å². The quantitative estimate of drug-likeness (QED) is 0.911. The first-order valence-electron chi connectivity index (χ1n) is 5.84. The highest BCUT2D eigenvalue weighted by molar-refractivity contribution is 6.32. The maximum absolute atomic E-state index is 6.09. The molecule has 0 amide bonds. The summed E-state index contributed by atoms with van der Waals surface area (Å²) in [6.07, 6.45) is 4.23. The summed E-state index contributed by atoms with van der Waals surface area (Å²) < 4.78 is 12.5. The van der Waals surface area contributed by atoms with Crippen molar-refractivity contribution in [3.8, 4) is 17.2 Å². The zero-order valence-electron chi connectivity index (χ0n) is 10.9. The second-order valence-corrected chi connectivity index (χ2v) is 4.36. The third-order valence-corrected chi connectivity index (χ3v) is 3.12. The van der Waals surface area contributed by atoms with Crippen LogP contribution in [0.5, 0.6) is 11.5 Å². The van der Waals surface area contributed by atoms with E-state index in [0.717, 1.165) is 17.8 Å². The molecule has 2 aromatic rings. The summed E-state index contributed by atoms with van der Waals surface area (Å²) >= 11 is 6.09. The molecule has 0 aliphatic heterocycles. The summed E-state index contributed by atoms with van der Waals surface area (Å²) in [7, 11) is 3.17. The summed E-state index contributed by atoms with van der Waals surface area (Å²) in [5.41, 5.74) is 7.43. The zero-order chi connectivity index (χ0) is 13.8. The van der Waals surface area contributed by atoms with Crippen LogP contribution in [0.4, 0.5) is 0 Å². The van der Waals surface area contributed by atoms with Crippen LogP contribution < -0.4 is 15.2 Å². The Morgan fingerprint density at radius 3 is 2.63 bits per heavy atom. The first-order chi connectivity index (χ1) is 9.21. The van der Waals surface area contributed by atoms with Crippen LogP contribution in [0.25, 0.3) is 5.69 Å². The molecule has 0 aliphatic carbocycles. The topological polar surface area (TPSA) is 62.3 Å². The number of benzene rings is 1. The van der Waals surface area contributed by atoms with E-state index in [1.54, 1.807) is 32.8 Å². The molecule has 1 heterocycles. The minimum atomic E-state index is 0.503. The van der Waals surface area contributed by atoms with Gasteiger partial charge in [-0.2, -0.15) is 0 Å². The Kier molecular flexibility index (Phi) is 4.29. The number of nitrogens with two attached hydrogens (primary N) is 1. The standard InChI is InChI=1S/C13H16ClN3O2/c1-18-12-6-11(13(19-2)5-10(12)14)17-8-16-7-9(17)3-4-15/h5-8H,3-4,15H2,1-2H3. The van der Waals surface area contributed by atoms with E-state index in [2.05, 4.69) is 4.98 Å². The van der Waals surface area contributed by atoms with E-state index < -0.39 is 0 Å². The third-order valence-electron chi connectivity index (χ3n) is 2.83. The van der Waals surface area contributed by atoms with Crippen molar-refractivity contribution in [1.29, 1.82) is 0 Å². The van der Waals surface area contributed by atoms with Gasteiger partial charge in [0.15, 0.2) is 0 Å². The average molecular weight is 282 g/mol. The lowest BCUT2D eigenvalue weighted by Crippen LogP contribution is -2.08. The highest BCUT2D eigenvalue weighted by Gasteiger charge is 2.13. The van der Waals surface area contributed by atoms with Crippen LogP contribution in [0.2, 0.25) is 5.02 Å². The largest absolute Gasteiger partial charge is 0.495 e. The molecule has 2 N–H and O–H groups in total. The highest BCUT2D eigenvalue weighted by Crippen LogP contribution is 2.35. The number of halogens is 1. The Labute approximate surface area is 116 Å². The number of nitrogens with zero attached hydrogens (tertiary/aromatic N) is 2. The van der Waals surface area contributed by atoms with Crippen LogP contribution in [-0.4, -0.2) is 30.3 Å². The molecule has 0 aliphatic rings. The molecule has 1 aromatic carbocycles. The van der Waals surface area contributed by atoms with Crippen LogP contribution in [0.1, 0.15) is 5.69 Å². The minimum Gasteiger partial charge on any atom is -0.495 e. The second-order valence-electron chi connectivity index (χ2n) is 3.95. The lowest BCUT2D eigenvalue weighted by atomic mass is 10.2. The number of ether oxygens (including phenoxy) is 2. The maximum Gasteiger partial charge on any atom is 0.144 e. The Morgan fingerprint density at radius 2 is 2.00 bits per heavy atom. The van der Waals surface area contributed by atoms with E-state index in [1.807, 2.05) is 10.6 Å². The first kappa shape index (κ1) is 13.7. The van der Waals surface area contributed by atoms with Gasteiger partial charge in [-0.1, -0.05) is 11.6 Å². The van der Waals surface area contributed by atoms with Crippen molar-refractivity contribution >= 4 is 11.6 Å². The summed E-state index contributed by atoms with van der Waals surface area (Å²) in [6.45, 7) is 0.554. The maximum atomic E-state index is 6.09. The summed E-state index contributed by atoms with van der Waals surface area (Å²) in [4.78, 5) is 4.15. The molecule has 19 heavy (non-hydrogen) atoms. The number of rotatable bonds is 5. The van der Waals surface area contributed by atoms with Gasteiger partial charge in [-0.05, 0) is 6.54 Å². The fourth-order valence-electron chi connectivity index (χ4n) is 1.90. The van der Waals surface area contributed by atoms with Crippen molar-refractivity contribution in [2.45, 2.75) is 6.42 Å². The molecular weight excluding hydrogens is 266 g/mol. The van der Waals surface area contributed by atoms with Gasteiger partial charge in [0.25, 0.3) is 0 Å². The molecule has 1 aromatic heterocycles. The van der Waals surface area contributed by atoms with Gasteiger partial charge < -0.3 is 15.2 Å². The third kappa shape index (κ3) is 2.67. The molecule has 2 rings (SSSR count). The summed E-state index contributed by atoms with van der Waals surface area (Å²) in [6, 6.07) is 3.55. The van der Waals surface area contributed by atoms with Crippen LogP contribution >= 0.6 is 11.6 Å². The minimum absolute atomic E-state index is 0.503. The lowest BCUT2D eigenvalue weighted by molar-refractivity contribution is 0.401. The lowest BCUT2D eigenvalue weighted by Gasteiger charge is -2.14. The van der Waals surface area contributed by atoms with Crippen LogP contribution in [0, 0.1) is 0 Å². The van der Waals surface area contributed by atoms with Crippen molar-refractivity contribution < 1.29 is 9.47 Å². The van der Waals surface area contributed by atoms with Crippen molar-refractivity contribution in [3.05, 3.63) is 35.4 Å². The van der Waals surface area contributed by atoms with E-state index in [-0.39, 0.29) is 0 Å². The first-order valence-corrected chi connectivity index (χ1v) is 6.22. The molecule has 102 valence electrons. The van der Waals surface area contributed by atoms with Gasteiger partial charge in [-0.3, -0.25) is 4.57 Å². The molecule has 0 bridgehead atoms. The normalized spacial score (nSPS) is 10.5. The zero-order valence-corrected chi connectivity index (χ0v) is 11.6. The summed E-state index contributed by atoms with van der Waals surface area (Å²) in [5.74, 6) is 1.24. The van der Waals surface area contributed by atoms with Gasteiger partial charge in [0, 0.05) is 30.4 Å². The molecule has 0 atom stereocenters. The van der Waals surface area contributed by atoms with Gasteiger partial charge in [0.05, 0.1) is 31.3 Å². The predicted octanol–water partition coefficient (Wildman–Crippen LogP) is 2.04. The SMILES string of the molecule is COc1cc(-n2cncc2CCN)c(OC)cc1Cl. The van der Waals surface area contributed by atoms with E-state index in [4.69, 9.17) is 26.8 Å². The molecule has 6 heteroatoms. The number of methoxy groups -OCH3 is 2. The fraction of sp³-hybridized carbons (Fsp3) is 0.308. The number of imidazole rings is 1. The Balaban J connectivity index is 2.56. The smallest absolute Gasteiger partial charge is 0.144 e. The van der Waals surface area contributed by atoms with E-state index in [9.17, 15) is 0 Å². The Morgan fingerprint density at radius 1 is 1.26 bits per heavy atom. The van der Waals surface area contributed by atoms with Gasteiger partial charge in [-0.25, -0.2) is 4.98 Å². The predicted molar refractivity (Wildman–Crippen MR) is 74.4 cm³/mol. The van der Waals surface area contributed by atoms with E-state index >= 15 is 0 Å². The number of hydrogen-bond donors (Lipinski definition) is 1. The molecule has 0 unspecified atom stereocenters. The van der Waals surface area contributed by atoms with Gasteiger partial charge in [-0.15, -0.1) is 0 Å². The number of aromatic nitrogens is 2. The molecule has 5 nitrogen and oxygen atoms in total. The highest BCUT2D eigenvalue weighted by atomic mass is 35.5. The Bertz CT molecular complexity index is 569. The van der Waals surface area contributed by atoms with Crippen molar-refractivity contribution in [2.24, 2.45) is 5.73 Å². The molecular formula is C13H16ClN3O2. The number of hydrogen-bond acceptors (Lipinski definition) is 4. The Hall–Kier alpha value is -1.72. The average Bonchev–Trinajstić information content (AvgIpc) is 2.87. The van der Waals surface area contributed by atoms with E-state index in [0.29, 0.717) is 23.1 Å². The second kappa shape index (κ2) is 5.95. The molecule has 0 fully saturated rings. The van der Waals surface area contributed by atoms with Gasteiger partial charge in [0.2, 0.25) is 0 Å². The molecule has 0 saturated carbocycles. The fourth-order valence-corrected chi connectivity index (χ4v) is 2.14.